The number of nitrogens with zero attached hydrogens (tertiary/aromatic N) is 5. The molecule has 10 nitrogen and oxygen atoms in total. The van der Waals surface area contributed by atoms with E-state index in [9.17, 15) is 19.2 Å². The summed E-state index contributed by atoms with van der Waals surface area (Å²) in [6.07, 6.45) is 5.26. The number of piperidine rings is 2. The number of carbonyl (C=O) groups excluding carboxylic acids is 3. The van der Waals surface area contributed by atoms with Gasteiger partial charge < -0.3 is 4.90 Å². The van der Waals surface area contributed by atoms with E-state index in [1.807, 2.05) is 12.1 Å². The van der Waals surface area contributed by atoms with Crippen molar-refractivity contribution in [1.29, 1.82) is 0 Å². The van der Waals surface area contributed by atoms with Gasteiger partial charge in [0.25, 0.3) is 11.5 Å². The van der Waals surface area contributed by atoms with Crippen molar-refractivity contribution in [2.75, 3.05) is 13.1 Å². The number of fused-ring (bicyclic) bond motifs is 2. The summed E-state index contributed by atoms with van der Waals surface area (Å²) in [5.41, 5.74) is 3.08. The van der Waals surface area contributed by atoms with Crippen LogP contribution in [0.15, 0.2) is 65.8 Å². The molecule has 3 amide bonds. The van der Waals surface area contributed by atoms with Gasteiger partial charge in [-0.05, 0) is 85.3 Å². The smallest absolute Gasteiger partial charge is 0.267 e. The highest BCUT2D eigenvalue weighted by atomic mass is 19.1. The summed E-state index contributed by atoms with van der Waals surface area (Å²) in [7, 11) is 0. The van der Waals surface area contributed by atoms with Crippen LogP contribution in [0.3, 0.4) is 0 Å². The highest BCUT2D eigenvalue weighted by Gasteiger charge is 2.39. The van der Waals surface area contributed by atoms with Crippen LogP contribution in [-0.4, -0.2) is 61.2 Å². The van der Waals surface area contributed by atoms with Crippen LogP contribution in [0.25, 0.3) is 16.7 Å². The van der Waals surface area contributed by atoms with Gasteiger partial charge in [0.1, 0.15) is 29.5 Å². The number of hydrogen-bond donors (Lipinski definition) is 1. The highest BCUT2D eigenvalue weighted by molar-refractivity contribution is 6.05. The fourth-order valence-electron chi connectivity index (χ4n) is 6.53. The third kappa shape index (κ3) is 4.99. The standard InChI is InChI=1S/C32H29FN6O4/c33-25-14-19(13-24-29(25)35-18-39(32(24)43)27-3-1-2-10-34-27)16-37-11-8-20(9-12-37)21-4-5-23-22(15-21)17-38(31(23)42)26-6-7-28(40)36-30(26)41/h1-5,10,13-15,18,20,26H,6-9,11-12,16-17H2,(H,36,40,41). The highest BCUT2D eigenvalue weighted by Crippen LogP contribution is 2.34. The van der Waals surface area contributed by atoms with Gasteiger partial charge in [-0.3, -0.25) is 34.0 Å². The van der Waals surface area contributed by atoms with E-state index in [0.717, 1.165) is 37.1 Å². The number of pyridine rings is 1. The zero-order valence-corrected chi connectivity index (χ0v) is 23.3. The third-order valence-corrected chi connectivity index (χ3v) is 8.78. The number of rotatable bonds is 5. The molecule has 0 saturated carbocycles. The number of likely N-dealkylation sites (tertiary alicyclic amines) is 1. The van der Waals surface area contributed by atoms with Gasteiger partial charge in [-0.1, -0.05) is 18.2 Å². The number of carbonyl (C=O) groups is 3. The van der Waals surface area contributed by atoms with E-state index in [4.69, 9.17) is 0 Å². The van der Waals surface area contributed by atoms with Crippen molar-refractivity contribution >= 4 is 28.6 Å². The topological polar surface area (TPSA) is 118 Å². The molecule has 3 aliphatic rings. The van der Waals surface area contributed by atoms with E-state index in [1.54, 1.807) is 35.4 Å². The molecular formula is C32H29FN6O4. The number of amides is 3. The Hall–Kier alpha value is -4.77. The third-order valence-electron chi connectivity index (χ3n) is 8.78. The zero-order valence-electron chi connectivity index (χ0n) is 23.3. The molecule has 7 rings (SSSR count). The Morgan fingerprint density at radius 1 is 0.953 bits per heavy atom. The van der Waals surface area contributed by atoms with Crippen molar-refractivity contribution < 1.29 is 18.8 Å². The summed E-state index contributed by atoms with van der Waals surface area (Å²) < 4.78 is 16.3. The summed E-state index contributed by atoms with van der Waals surface area (Å²) in [6.45, 7) is 2.47. The van der Waals surface area contributed by atoms with Gasteiger partial charge >= 0.3 is 0 Å². The van der Waals surface area contributed by atoms with E-state index in [-0.39, 0.29) is 34.7 Å². The van der Waals surface area contributed by atoms with Crippen LogP contribution in [-0.2, 0) is 22.7 Å². The maximum Gasteiger partial charge on any atom is 0.267 e. The largest absolute Gasteiger partial charge is 0.322 e. The van der Waals surface area contributed by atoms with Gasteiger partial charge in [0.15, 0.2) is 0 Å². The van der Waals surface area contributed by atoms with Gasteiger partial charge in [-0.25, -0.2) is 14.4 Å². The monoisotopic (exact) mass is 580 g/mol. The molecule has 0 radical (unpaired) electrons. The Morgan fingerprint density at radius 2 is 1.79 bits per heavy atom. The first-order valence-electron chi connectivity index (χ1n) is 14.5. The second-order valence-corrected chi connectivity index (χ2v) is 11.4. The number of aromatic nitrogens is 3. The molecule has 4 aromatic rings. The van der Waals surface area contributed by atoms with Gasteiger partial charge in [0.05, 0.1) is 5.39 Å². The summed E-state index contributed by atoms with van der Waals surface area (Å²) >= 11 is 0. The van der Waals surface area contributed by atoms with Gasteiger partial charge in [-0.2, -0.15) is 0 Å². The number of hydrogen-bond acceptors (Lipinski definition) is 7. The van der Waals surface area contributed by atoms with E-state index in [1.165, 1.54) is 17.0 Å². The minimum absolute atomic E-state index is 0.0471. The SMILES string of the molecule is O=C1CCC(N2Cc3cc(C4CCN(Cc5cc(F)c6ncn(-c7ccccn7)c(=O)c6c5)CC4)ccc3C2=O)C(=O)N1. The van der Waals surface area contributed by atoms with Crippen LogP contribution in [0.4, 0.5) is 4.39 Å². The molecule has 43 heavy (non-hydrogen) atoms. The Balaban J connectivity index is 1.03. The van der Waals surface area contributed by atoms with Crippen molar-refractivity contribution in [2.24, 2.45) is 0 Å². The summed E-state index contributed by atoms with van der Waals surface area (Å²) in [6, 6.07) is 13.7. The maximum absolute atomic E-state index is 15.0. The Kier molecular flexibility index (Phi) is 6.81. The van der Waals surface area contributed by atoms with Crippen molar-refractivity contribution in [2.45, 2.75) is 50.7 Å². The van der Waals surface area contributed by atoms with Crippen molar-refractivity contribution in [1.82, 2.24) is 29.7 Å². The molecule has 0 bridgehead atoms. The first-order valence-corrected chi connectivity index (χ1v) is 14.5. The normalized spacial score (nSPS) is 19.6. The molecule has 2 aromatic heterocycles. The van der Waals surface area contributed by atoms with E-state index in [0.29, 0.717) is 42.4 Å². The minimum Gasteiger partial charge on any atom is -0.322 e. The van der Waals surface area contributed by atoms with Gasteiger partial charge in [0, 0.05) is 31.3 Å². The lowest BCUT2D eigenvalue weighted by Crippen LogP contribution is -2.52. The summed E-state index contributed by atoms with van der Waals surface area (Å²) in [4.78, 5) is 62.4. The van der Waals surface area contributed by atoms with Crippen LogP contribution in [0.2, 0.25) is 0 Å². The second-order valence-electron chi connectivity index (χ2n) is 11.4. The fraction of sp³-hybridized carbons (Fsp3) is 0.312. The molecule has 2 saturated heterocycles. The lowest BCUT2D eigenvalue weighted by molar-refractivity contribution is -0.136. The van der Waals surface area contributed by atoms with Crippen LogP contribution in [0, 0.1) is 5.82 Å². The molecule has 5 heterocycles. The fourth-order valence-corrected chi connectivity index (χ4v) is 6.53. The number of halogens is 1. The molecule has 1 atom stereocenters. The van der Waals surface area contributed by atoms with Crippen molar-refractivity contribution in [3.05, 3.63) is 99.5 Å². The first-order chi connectivity index (χ1) is 20.9. The molecule has 0 aliphatic carbocycles. The second kappa shape index (κ2) is 10.8. The van der Waals surface area contributed by atoms with Crippen molar-refractivity contribution in [3.63, 3.8) is 0 Å². The molecule has 11 heteroatoms. The molecule has 3 aliphatic heterocycles. The molecule has 0 spiro atoms. The minimum atomic E-state index is -0.627. The van der Waals surface area contributed by atoms with Crippen molar-refractivity contribution in [3.8, 4) is 5.82 Å². The quantitative estimate of drug-likeness (QED) is 0.361. The predicted molar refractivity (Wildman–Crippen MR) is 155 cm³/mol. The molecule has 1 N–H and O–H groups in total. The lowest BCUT2D eigenvalue weighted by Gasteiger charge is -2.32. The van der Waals surface area contributed by atoms with E-state index < -0.39 is 17.8 Å². The first kappa shape index (κ1) is 27.1. The predicted octanol–water partition coefficient (Wildman–Crippen LogP) is 3.06. The average Bonchev–Trinajstić information content (AvgIpc) is 3.33. The lowest BCUT2D eigenvalue weighted by atomic mass is 9.87. The van der Waals surface area contributed by atoms with Crippen LogP contribution in [0.5, 0.6) is 0 Å². The van der Waals surface area contributed by atoms with E-state index in [2.05, 4.69) is 26.3 Å². The zero-order chi connectivity index (χ0) is 29.7. The van der Waals surface area contributed by atoms with Gasteiger partial charge in [-0.15, -0.1) is 0 Å². The van der Waals surface area contributed by atoms with Gasteiger partial charge in [0.2, 0.25) is 11.8 Å². The average molecular weight is 581 g/mol. The summed E-state index contributed by atoms with van der Waals surface area (Å²) in [5, 5.41) is 2.56. The molecule has 1 unspecified atom stereocenters. The molecule has 2 aromatic carbocycles. The van der Waals surface area contributed by atoms with Crippen LogP contribution < -0.4 is 10.9 Å². The number of imide groups is 1. The van der Waals surface area contributed by atoms with E-state index >= 15 is 4.39 Å². The van der Waals surface area contributed by atoms with Crippen LogP contribution >= 0.6 is 0 Å². The Morgan fingerprint density at radius 3 is 2.56 bits per heavy atom. The summed E-state index contributed by atoms with van der Waals surface area (Å²) in [5.74, 6) is -0.668. The number of benzene rings is 2. The van der Waals surface area contributed by atoms with Crippen LogP contribution in [0.1, 0.15) is 58.6 Å². The molecular weight excluding hydrogens is 551 g/mol. The Labute approximate surface area is 246 Å². The maximum atomic E-state index is 15.0. The Bertz CT molecular complexity index is 1830. The number of nitrogens with one attached hydrogen (secondary N) is 1. The molecule has 2 fully saturated rings. The molecule has 218 valence electrons.